The first-order chi connectivity index (χ1) is 17.8. The molecule has 1 aromatic heterocycles. The maximum absolute atomic E-state index is 14.0. The summed E-state index contributed by atoms with van der Waals surface area (Å²) in [5.41, 5.74) is 6.29. The van der Waals surface area contributed by atoms with E-state index in [0.29, 0.717) is 5.56 Å². The number of hydrogen-bond donors (Lipinski definition) is 3. The summed E-state index contributed by atoms with van der Waals surface area (Å²) in [6, 6.07) is 20.5. The quantitative estimate of drug-likeness (QED) is 0.239. The normalized spacial score (nSPS) is 13.8. The molecule has 0 saturated carbocycles. The van der Waals surface area contributed by atoms with E-state index in [1.807, 2.05) is 48.5 Å². The summed E-state index contributed by atoms with van der Waals surface area (Å²) in [6.07, 6.45) is -2.02. The van der Waals surface area contributed by atoms with E-state index in [4.69, 9.17) is 20.3 Å². The minimum atomic E-state index is -4.82. The van der Waals surface area contributed by atoms with Crippen molar-refractivity contribution in [2.45, 2.75) is 25.2 Å². The molecule has 0 spiro atoms. The van der Waals surface area contributed by atoms with E-state index < -0.39 is 31.7 Å². The highest BCUT2D eigenvalue weighted by molar-refractivity contribution is 7.46. The highest BCUT2D eigenvalue weighted by atomic mass is 31.2. The number of phosphoric ester groups is 1. The van der Waals surface area contributed by atoms with Gasteiger partial charge in [-0.25, -0.2) is 9.55 Å². The molecule has 4 aromatic rings. The number of alkyl halides is 3. The van der Waals surface area contributed by atoms with Gasteiger partial charge in [0.05, 0.1) is 17.7 Å². The predicted molar refractivity (Wildman–Crippen MR) is 134 cm³/mol. The van der Waals surface area contributed by atoms with E-state index in [1.54, 1.807) is 6.07 Å². The van der Waals surface area contributed by atoms with Gasteiger partial charge in [-0.15, -0.1) is 0 Å². The Balaban J connectivity index is 1.60. The van der Waals surface area contributed by atoms with E-state index in [9.17, 15) is 17.7 Å². The lowest BCUT2D eigenvalue weighted by molar-refractivity contribution is -0.139. The summed E-state index contributed by atoms with van der Waals surface area (Å²) in [7, 11) is -4.82. The molecule has 0 aliphatic carbocycles. The number of imidazole rings is 1. The summed E-state index contributed by atoms with van der Waals surface area (Å²) >= 11 is 0. The Morgan fingerprint density at radius 2 is 1.71 bits per heavy atom. The molecule has 0 radical (unpaired) electrons. The molecule has 8 nitrogen and oxygen atoms in total. The summed E-state index contributed by atoms with van der Waals surface area (Å²) in [5.74, 6) is -0.307. The lowest BCUT2D eigenvalue weighted by atomic mass is 10.0. The van der Waals surface area contributed by atoms with Crippen LogP contribution in [0.1, 0.15) is 23.9 Å². The van der Waals surface area contributed by atoms with Gasteiger partial charge in [0.1, 0.15) is 18.2 Å². The number of nitrogens with two attached hydrogens (primary N) is 1. The number of ether oxygens (including phenoxy) is 1. The number of aromatic nitrogens is 2. The Morgan fingerprint density at radius 3 is 2.39 bits per heavy atom. The molecule has 12 heteroatoms. The maximum atomic E-state index is 14.0. The Labute approximate surface area is 216 Å². The molecule has 3 aromatic carbocycles. The van der Waals surface area contributed by atoms with Crippen molar-refractivity contribution in [3.05, 3.63) is 102 Å². The van der Waals surface area contributed by atoms with Crippen molar-refractivity contribution in [3.8, 4) is 22.6 Å². The number of phosphoric acid groups is 1. The van der Waals surface area contributed by atoms with Crippen LogP contribution in [0.2, 0.25) is 0 Å². The number of halogens is 3. The van der Waals surface area contributed by atoms with Crippen molar-refractivity contribution in [1.29, 1.82) is 0 Å². The molecule has 0 unspecified atom stereocenters. The van der Waals surface area contributed by atoms with Crippen molar-refractivity contribution in [2.24, 2.45) is 5.73 Å². The van der Waals surface area contributed by atoms with E-state index in [0.717, 1.165) is 17.2 Å². The van der Waals surface area contributed by atoms with Gasteiger partial charge in [-0.2, -0.15) is 13.2 Å². The van der Waals surface area contributed by atoms with Gasteiger partial charge in [-0.1, -0.05) is 48.5 Å². The predicted octanol–water partition coefficient (Wildman–Crippen LogP) is 5.42. The largest absolute Gasteiger partial charge is 0.488 e. The average molecular weight is 547 g/mol. The first-order valence-corrected chi connectivity index (χ1v) is 12.9. The van der Waals surface area contributed by atoms with Crippen LogP contribution < -0.4 is 10.5 Å². The zero-order valence-electron chi connectivity index (χ0n) is 20.2. The van der Waals surface area contributed by atoms with Gasteiger partial charge in [0, 0.05) is 18.1 Å². The molecular formula is C26H25F3N3O5P. The number of nitrogens with zero attached hydrogens (tertiary/aromatic N) is 2. The molecule has 0 amide bonds. The molecule has 4 rings (SSSR count). The molecule has 200 valence electrons. The Morgan fingerprint density at radius 1 is 1.00 bits per heavy atom. The van der Waals surface area contributed by atoms with Gasteiger partial charge in [0.15, 0.2) is 0 Å². The molecular weight excluding hydrogens is 522 g/mol. The van der Waals surface area contributed by atoms with Crippen molar-refractivity contribution in [2.75, 3.05) is 6.61 Å². The second-order valence-corrected chi connectivity index (χ2v) is 10.1. The number of hydrogen-bond acceptors (Lipinski definition) is 5. The lowest BCUT2D eigenvalue weighted by Gasteiger charge is -2.25. The van der Waals surface area contributed by atoms with Crippen molar-refractivity contribution in [1.82, 2.24) is 9.55 Å². The van der Waals surface area contributed by atoms with E-state index >= 15 is 0 Å². The minimum Gasteiger partial charge on any atom is -0.488 e. The maximum Gasteiger partial charge on any atom is 0.469 e. The number of rotatable bonds is 9. The van der Waals surface area contributed by atoms with E-state index in [2.05, 4.69) is 9.51 Å². The molecule has 0 saturated heterocycles. The van der Waals surface area contributed by atoms with Gasteiger partial charge < -0.3 is 24.8 Å². The molecule has 0 aliphatic rings. The van der Waals surface area contributed by atoms with Crippen LogP contribution in [0.4, 0.5) is 13.2 Å². The standard InChI is InChI=1S/C26H25F3N3O5P/c1-25(30,17-37-38(33,34)35)24-31-12-13-32(24)21-10-11-23(22(15-21)26(27,28)29)36-16-18-6-5-9-20(14-18)19-7-3-2-4-8-19/h2-15H,16-17,30H2,1H3,(H2,33,34,35)/t25-/m0/s1. The van der Waals surface area contributed by atoms with E-state index in [-0.39, 0.29) is 23.9 Å². The third kappa shape index (κ3) is 6.69. The van der Waals surface area contributed by atoms with Crippen LogP contribution in [0.25, 0.3) is 16.8 Å². The second-order valence-electron chi connectivity index (χ2n) is 8.84. The molecule has 1 atom stereocenters. The zero-order chi connectivity index (χ0) is 27.6. The molecule has 0 fully saturated rings. The SMILES string of the molecule is C[C@](N)(COP(=O)(O)O)c1nccn1-c1ccc(OCc2cccc(-c3ccccc3)c2)c(C(F)(F)F)c1. The summed E-state index contributed by atoms with van der Waals surface area (Å²) in [5, 5.41) is 0. The van der Waals surface area contributed by atoms with Gasteiger partial charge in [-0.05, 0) is 47.9 Å². The van der Waals surface area contributed by atoms with Crippen LogP contribution in [0.3, 0.4) is 0 Å². The van der Waals surface area contributed by atoms with Crippen molar-refractivity contribution >= 4 is 7.82 Å². The highest BCUT2D eigenvalue weighted by Gasteiger charge is 2.36. The topological polar surface area (TPSA) is 120 Å². The second kappa shape index (κ2) is 10.7. The van der Waals surface area contributed by atoms with Crippen LogP contribution in [0.15, 0.2) is 85.2 Å². The third-order valence-electron chi connectivity index (χ3n) is 5.66. The highest BCUT2D eigenvalue weighted by Crippen LogP contribution is 2.40. The number of benzene rings is 3. The summed E-state index contributed by atoms with van der Waals surface area (Å²) in [4.78, 5) is 22.1. The first-order valence-electron chi connectivity index (χ1n) is 11.3. The van der Waals surface area contributed by atoms with Gasteiger partial charge >= 0.3 is 14.0 Å². The summed E-state index contributed by atoms with van der Waals surface area (Å²) in [6.45, 7) is 0.691. The fourth-order valence-corrected chi connectivity index (χ4v) is 4.30. The fourth-order valence-electron chi connectivity index (χ4n) is 3.86. The van der Waals surface area contributed by atoms with Crippen LogP contribution >= 0.6 is 7.82 Å². The smallest absolute Gasteiger partial charge is 0.469 e. The fraction of sp³-hybridized carbons (Fsp3) is 0.192. The first kappa shape index (κ1) is 27.6. The van der Waals surface area contributed by atoms with Gasteiger partial charge in [0.25, 0.3) is 0 Å². The van der Waals surface area contributed by atoms with Crippen LogP contribution in [0.5, 0.6) is 5.75 Å². The monoisotopic (exact) mass is 547 g/mol. The Kier molecular flexibility index (Phi) is 7.78. The summed E-state index contributed by atoms with van der Waals surface area (Å²) < 4.78 is 64.6. The molecule has 1 heterocycles. The van der Waals surface area contributed by atoms with Crippen molar-refractivity contribution in [3.63, 3.8) is 0 Å². The molecule has 0 bridgehead atoms. The van der Waals surface area contributed by atoms with Gasteiger partial charge in [-0.3, -0.25) is 4.52 Å². The lowest BCUT2D eigenvalue weighted by Crippen LogP contribution is -2.40. The van der Waals surface area contributed by atoms with Crippen LogP contribution in [-0.4, -0.2) is 25.9 Å². The molecule has 4 N–H and O–H groups in total. The Hall–Kier alpha value is -3.47. The third-order valence-corrected chi connectivity index (χ3v) is 6.12. The average Bonchev–Trinajstić information content (AvgIpc) is 3.37. The minimum absolute atomic E-state index is 0.0467. The molecule has 38 heavy (non-hydrogen) atoms. The van der Waals surface area contributed by atoms with Crippen molar-refractivity contribution < 1.29 is 36.8 Å². The van der Waals surface area contributed by atoms with Crippen LogP contribution in [0, 0.1) is 0 Å². The van der Waals surface area contributed by atoms with E-state index in [1.165, 1.54) is 36.0 Å². The molecule has 0 aliphatic heterocycles. The van der Waals surface area contributed by atoms with Crippen LogP contribution in [-0.2, 0) is 27.4 Å². The zero-order valence-corrected chi connectivity index (χ0v) is 21.1. The van der Waals surface area contributed by atoms with Gasteiger partial charge in [0.2, 0.25) is 0 Å². The Bertz CT molecular complexity index is 1450.